The molecular weight excluding hydrogens is 248 g/mol. The van der Waals surface area contributed by atoms with Crippen molar-refractivity contribution in [2.75, 3.05) is 0 Å². The first-order valence-electron chi connectivity index (χ1n) is 6.94. The van der Waals surface area contributed by atoms with Crippen LogP contribution in [0.5, 0.6) is 0 Å². The molecule has 2 heteroatoms. The Kier molecular flexibility index (Phi) is 3.46. The van der Waals surface area contributed by atoms with E-state index in [4.69, 9.17) is 0 Å². The number of carbonyl (C=O) groups excluding carboxylic acids is 2. The van der Waals surface area contributed by atoms with E-state index in [2.05, 4.69) is 12.1 Å². The highest BCUT2D eigenvalue weighted by atomic mass is 16.1. The number of aldehydes is 2. The minimum Gasteiger partial charge on any atom is -0.298 e. The highest BCUT2D eigenvalue weighted by Gasteiger charge is 2.10. The van der Waals surface area contributed by atoms with Gasteiger partial charge in [0, 0.05) is 11.1 Å². The van der Waals surface area contributed by atoms with Crippen LogP contribution in [0.4, 0.5) is 0 Å². The smallest absolute Gasteiger partial charge is 0.150 e. The summed E-state index contributed by atoms with van der Waals surface area (Å²) in [6.45, 7) is 0. The predicted molar refractivity (Wildman–Crippen MR) is 78.5 cm³/mol. The van der Waals surface area contributed by atoms with E-state index in [1.807, 2.05) is 24.3 Å². The summed E-state index contributed by atoms with van der Waals surface area (Å²) in [5.41, 5.74) is 6.24. The maximum Gasteiger partial charge on any atom is 0.150 e. The van der Waals surface area contributed by atoms with E-state index < -0.39 is 0 Å². The zero-order valence-electron chi connectivity index (χ0n) is 11.3. The molecule has 0 saturated carbocycles. The molecule has 3 rings (SSSR count). The van der Waals surface area contributed by atoms with Crippen molar-refractivity contribution in [1.29, 1.82) is 0 Å². The molecule has 1 aliphatic carbocycles. The van der Waals surface area contributed by atoms with Gasteiger partial charge in [-0.2, -0.15) is 0 Å². The van der Waals surface area contributed by atoms with Crippen molar-refractivity contribution in [3.63, 3.8) is 0 Å². The fourth-order valence-electron chi connectivity index (χ4n) is 2.85. The molecule has 20 heavy (non-hydrogen) atoms. The molecule has 0 fully saturated rings. The lowest BCUT2D eigenvalue weighted by Gasteiger charge is -2.14. The van der Waals surface area contributed by atoms with Gasteiger partial charge in [-0.05, 0) is 47.9 Å². The molecule has 2 aromatic carbocycles. The van der Waals surface area contributed by atoms with Crippen molar-refractivity contribution >= 4 is 12.6 Å². The van der Waals surface area contributed by atoms with Crippen molar-refractivity contribution in [2.24, 2.45) is 0 Å². The van der Waals surface area contributed by atoms with Crippen molar-refractivity contribution in [3.05, 3.63) is 69.8 Å². The Morgan fingerprint density at radius 2 is 1.10 bits per heavy atom. The minimum atomic E-state index is 0.762. The van der Waals surface area contributed by atoms with Gasteiger partial charge in [-0.25, -0.2) is 0 Å². The molecule has 0 aromatic heterocycles. The summed E-state index contributed by atoms with van der Waals surface area (Å²) in [4.78, 5) is 22.2. The van der Waals surface area contributed by atoms with Crippen LogP contribution < -0.4 is 0 Å². The standard InChI is InChI=1S/C18H16O2/c19-11-17-5-3-13-1-2-14-4-6-18(12-20)16(10-14)8-7-15(17)9-13/h3-6,9-12H,1-2,7-8H2. The second-order valence-electron chi connectivity index (χ2n) is 5.30. The molecule has 2 nitrogen and oxygen atoms in total. The molecule has 0 spiro atoms. The minimum absolute atomic E-state index is 0.762. The van der Waals surface area contributed by atoms with E-state index in [0.717, 1.165) is 60.5 Å². The van der Waals surface area contributed by atoms with Gasteiger partial charge in [0.15, 0.2) is 0 Å². The van der Waals surface area contributed by atoms with Crippen LogP contribution in [0.2, 0.25) is 0 Å². The average Bonchev–Trinajstić information content (AvgIpc) is 2.50. The van der Waals surface area contributed by atoms with Gasteiger partial charge in [0.05, 0.1) is 0 Å². The summed E-state index contributed by atoms with van der Waals surface area (Å²) in [7, 11) is 0. The van der Waals surface area contributed by atoms with Gasteiger partial charge in [0.1, 0.15) is 12.6 Å². The molecule has 4 bridgehead atoms. The van der Waals surface area contributed by atoms with Crippen LogP contribution in [0, 0.1) is 0 Å². The third-order valence-corrected chi connectivity index (χ3v) is 4.03. The van der Waals surface area contributed by atoms with Crippen LogP contribution in [0.1, 0.15) is 43.0 Å². The average molecular weight is 264 g/mol. The quantitative estimate of drug-likeness (QED) is 0.781. The van der Waals surface area contributed by atoms with Gasteiger partial charge in [0.2, 0.25) is 0 Å². The SMILES string of the molecule is O=Cc1ccc2cc1CCc1cc(ccc1C=O)CC2. The first kappa shape index (κ1) is 12.8. The number of hydrogen-bond donors (Lipinski definition) is 0. The van der Waals surface area contributed by atoms with Crippen LogP contribution in [-0.4, -0.2) is 12.6 Å². The molecule has 1 aliphatic rings. The number of benzene rings is 2. The topological polar surface area (TPSA) is 34.1 Å². The van der Waals surface area contributed by atoms with Gasteiger partial charge >= 0.3 is 0 Å². The molecule has 100 valence electrons. The van der Waals surface area contributed by atoms with Crippen LogP contribution in [0.15, 0.2) is 36.4 Å². The Bertz CT molecular complexity index is 612. The third-order valence-electron chi connectivity index (χ3n) is 4.03. The van der Waals surface area contributed by atoms with Gasteiger partial charge in [-0.15, -0.1) is 0 Å². The first-order chi connectivity index (χ1) is 9.80. The van der Waals surface area contributed by atoms with Crippen LogP contribution >= 0.6 is 0 Å². The van der Waals surface area contributed by atoms with Crippen molar-refractivity contribution in [3.8, 4) is 0 Å². The Hall–Kier alpha value is -2.22. The van der Waals surface area contributed by atoms with E-state index in [-0.39, 0.29) is 0 Å². The molecule has 0 atom stereocenters. The molecular formula is C18H16O2. The lowest BCUT2D eigenvalue weighted by Crippen LogP contribution is -2.04. The summed E-state index contributed by atoms with van der Waals surface area (Å²) in [5.74, 6) is 0. The molecule has 0 heterocycles. The third kappa shape index (κ3) is 2.42. The van der Waals surface area contributed by atoms with Crippen LogP contribution in [0.3, 0.4) is 0 Å². The Labute approximate surface area is 118 Å². The zero-order valence-corrected chi connectivity index (χ0v) is 11.3. The van der Waals surface area contributed by atoms with Crippen molar-refractivity contribution in [1.82, 2.24) is 0 Å². The number of carbonyl (C=O) groups is 2. The molecule has 0 aliphatic heterocycles. The largest absolute Gasteiger partial charge is 0.298 e. The summed E-state index contributed by atoms with van der Waals surface area (Å²) in [6.07, 6.45) is 5.36. The van der Waals surface area contributed by atoms with E-state index in [9.17, 15) is 9.59 Å². The van der Waals surface area contributed by atoms with Crippen LogP contribution in [-0.2, 0) is 25.7 Å². The van der Waals surface area contributed by atoms with Crippen molar-refractivity contribution < 1.29 is 9.59 Å². The fourth-order valence-corrected chi connectivity index (χ4v) is 2.85. The predicted octanol–water partition coefficient (Wildman–Crippen LogP) is 3.20. The second-order valence-corrected chi connectivity index (χ2v) is 5.30. The Morgan fingerprint density at radius 1 is 0.650 bits per heavy atom. The van der Waals surface area contributed by atoms with Gasteiger partial charge < -0.3 is 0 Å². The highest BCUT2D eigenvalue weighted by Crippen LogP contribution is 2.20. The van der Waals surface area contributed by atoms with Gasteiger partial charge in [-0.3, -0.25) is 9.59 Å². The normalized spacial score (nSPS) is 13.6. The monoisotopic (exact) mass is 264 g/mol. The second kappa shape index (κ2) is 5.41. The fraction of sp³-hybridized carbons (Fsp3) is 0.222. The first-order valence-corrected chi connectivity index (χ1v) is 6.94. The van der Waals surface area contributed by atoms with E-state index in [1.165, 1.54) is 11.1 Å². The Morgan fingerprint density at radius 3 is 1.50 bits per heavy atom. The molecule has 0 saturated heterocycles. The maximum absolute atomic E-state index is 11.1. The lowest BCUT2D eigenvalue weighted by atomic mass is 9.91. The number of hydrogen-bond acceptors (Lipinski definition) is 2. The van der Waals surface area contributed by atoms with Crippen molar-refractivity contribution in [2.45, 2.75) is 25.7 Å². The molecule has 0 N–H and O–H groups in total. The lowest BCUT2D eigenvalue weighted by molar-refractivity contribution is 0.111. The summed E-state index contributed by atoms with van der Waals surface area (Å²) < 4.78 is 0. The van der Waals surface area contributed by atoms with Gasteiger partial charge in [-0.1, -0.05) is 36.4 Å². The number of aryl methyl sites for hydroxylation is 4. The Balaban J connectivity index is 2.03. The van der Waals surface area contributed by atoms with E-state index in [1.54, 1.807) is 0 Å². The zero-order chi connectivity index (χ0) is 13.9. The van der Waals surface area contributed by atoms with Crippen LogP contribution in [0.25, 0.3) is 0 Å². The number of rotatable bonds is 2. The summed E-state index contributed by atoms with van der Waals surface area (Å²) >= 11 is 0. The molecule has 0 amide bonds. The van der Waals surface area contributed by atoms with E-state index in [0.29, 0.717) is 0 Å². The summed E-state index contributed by atoms with van der Waals surface area (Å²) in [6, 6.07) is 12.2. The highest BCUT2D eigenvalue weighted by molar-refractivity contribution is 5.78. The molecule has 0 unspecified atom stereocenters. The van der Waals surface area contributed by atoms with E-state index >= 15 is 0 Å². The van der Waals surface area contributed by atoms with Gasteiger partial charge in [0.25, 0.3) is 0 Å². The molecule has 0 radical (unpaired) electrons. The summed E-state index contributed by atoms with van der Waals surface area (Å²) in [5, 5.41) is 0. The molecule has 2 aromatic rings. The number of fused-ring (bicyclic) bond motifs is 4. The maximum atomic E-state index is 11.1.